The SMILES string of the molecule is CC(O)C(C)(C)NC(=O)c1ccc(C#N)cn1. The first kappa shape index (κ1) is 13.1. The van der Waals surface area contributed by atoms with Crippen molar-refractivity contribution in [1.29, 1.82) is 5.26 Å². The fraction of sp³-hybridized carbons (Fsp3) is 0.417. The minimum absolute atomic E-state index is 0.220. The zero-order valence-corrected chi connectivity index (χ0v) is 10.1. The molecule has 1 unspecified atom stereocenters. The lowest BCUT2D eigenvalue weighted by molar-refractivity contribution is 0.0705. The average molecular weight is 233 g/mol. The molecule has 17 heavy (non-hydrogen) atoms. The maximum Gasteiger partial charge on any atom is 0.270 e. The number of rotatable bonds is 3. The lowest BCUT2D eigenvalue weighted by atomic mass is 9.98. The molecule has 90 valence electrons. The smallest absolute Gasteiger partial charge is 0.270 e. The van der Waals surface area contributed by atoms with Crippen LogP contribution >= 0.6 is 0 Å². The van der Waals surface area contributed by atoms with Gasteiger partial charge in [-0.2, -0.15) is 5.26 Å². The summed E-state index contributed by atoms with van der Waals surface area (Å²) in [6, 6.07) is 4.93. The molecule has 0 aromatic carbocycles. The number of nitrogens with zero attached hydrogens (tertiary/aromatic N) is 2. The number of nitrogens with one attached hydrogen (secondary N) is 1. The number of hydrogen-bond acceptors (Lipinski definition) is 4. The largest absolute Gasteiger partial charge is 0.391 e. The third-order valence-electron chi connectivity index (χ3n) is 2.61. The Bertz CT molecular complexity index is 444. The zero-order valence-electron chi connectivity index (χ0n) is 10.1. The molecule has 5 heteroatoms. The molecule has 1 aromatic rings. The van der Waals surface area contributed by atoms with E-state index >= 15 is 0 Å². The minimum Gasteiger partial charge on any atom is -0.391 e. The molecule has 5 nitrogen and oxygen atoms in total. The van der Waals surface area contributed by atoms with E-state index in [1.165, 1.54) is 18.3 Å². The Labute approximate surface area is 100 Å². The van der Waals surface area contributed by atoms with Gasteiger partial charge in [-0.3, -0.25) is 4.79 Å². The molecule has 1 rings (SSSR count). The van der Waals surface area contributed by atoms with Gasteiger partial charge in [0.05, 0.1) is 17.2 Å². The average Bonchev–Trinajstić information content (AvgIpc) is 2.28. The summed E-state index contributed by atoms with van der Waals surface area (Å²) in [5.41, 5.74) is -0.110. The summed E-state index contributed by atoms with van der Waals surface area (Å²) < 4.78 is 0. The molecule has 0 fully saturated rings. The molecule has 0 aliphatic rings. The number of hydrogen-bond donors (Lipinski definition) is 2. The van der Waals surface area contributed by atoms with Gasteiger partial charge in [0.1, 0.15) is 11.8 Å². The maximum absolute atomic E-state index is 11.8. The molecule has 0 saturated carbocycles. The monoisotopic (exact) mass is 233 g/mol. The summed E-state index contributed by atoms with van der Waals surface area (Å²) in [5.74, 6) is -0.375. The Balaban J connectivity index is 2.81. The second-order valence-electron chi connectivity index (χ2n) is 4.40. The van der Waals surface area contributed by atoms with Crippen molar-refractivity contribution in [1.82, 2.24) is 10.3 Å². The molecule has 0 radical (unpaired) electrons. The highest BCUT2D eigenvalue weighted by Gasteiger charge is 2.26. The predicted molar refractivity (Wildman–Crippen MR) is 62.2 cm³/mol. The van der Waals surface area contributed by atoms with Gasteiger partial charge in [0.25, 0.3) is 5.91 Å². The van der Waals surface area contributed by atoms with Crippen molar-refractivity contribution in [2.24, 2.45) is 0 Å². The summed E-state index contributed by atoms with van der Waals surface area (Å²) in [6.45, 7) is 5.05. The molecule has 1 heterocycles. The fourth-order valence-electron chi connectivity index (χ4n) is 1.06. The lowest BCUT2D eigenvalue weighted by Gasteiger charge is -2.29. The number of aromatic nitrogens is 1. The summed E-state index contributed by atoms with van der Waals surface area (Å²) in [6.07, 6.45) is 0.662. The van der Waals surface area contributed by atoms with Crippen molar-refractivity contribution in [3.8, 4) is 6.07 Å². The summed E-state index contributed by atoms with van der Waals surface area (Å²) in [7, 11) is 0. The van der Waals surface area contributed by atoms with Gasteiger partial charge < -0.3 is 10.4 Å². The molecule has 2 N–H and O–H groups in total. The van der Waals surface area contributed by atoms with E-state index in [-0.39, 0.29) is 11.6 Å². The summed E-state index contributed by atoms with van der Waals surface area (Å²) >= 11 is 0. The Hall–Kier alpha value is -1.93. The quantitative estimate of drug-likeness (QED) is 0.810. The Morgan fingerprint density at radius 3 is 2.65 bits per heavy atom. The second kappa shape index (κ2) is 4.93. The molecule has 0 saturated heterocycles. The van der Waals surface area contributed by atoms with Crippen LogP contribution in [0, 0.1) is 11.3 Å². The van der Waals surface area contributed by atoms with E-state index in [2.05, 4.69) is 10.3 Å². The predicted octanol–water partition coefficient (Wildman–Crippen LogP) is 0.842. The third kappa shape index (κ3) is 3.26. The summed E-state index contributed by atoms with van der Waals surface area (Å²) in [5, 5.41) is 20.8. The number of carbonyl (C=O) groups excluding carboxylic acids is 1. The third-order valence-corrected chi connectivity index (χ3v) is 2.61. The van der Waals surface area contributed by atoms with Gasteiger partial charge in [0.15, 0.2) is 0 Å². The number of carbonyl (C=O) groups is 1. The van der Waals surface area contributed by atoms with Crippen molar-refractivity contribution < 1.29 is 9.90 Å². The van der Waals surface area contributed by atoms with Crippen molar-refractivity contribution in [3.63, 3.8) is 0 Å². The Morgan fingerprint density at radius 1 is 1.59 bits per heavy atom. The van der Waals surface area contributed by atoms with E-state index in [1.807, 2.05) is 6.07 Å². The van der Waals surface area contributed by atoms with Crippen LogP contribution in [0.25, 0.3) is 0 Å². The van der Waals surface area contributed by atoms with Crippen LogP contribution in [0.1, 0.15) is 36.8 Å². The highest BCUT2D eigenvalue weighted by molar-refractivity contribution is 5.92. The standard InChI is InChI=1S/C12H15N3O2/c1-8(16)12(2,3)15-11(17)10-5-4-9(6-13)7-14-10/h4-5,7-8,16H,1-3H3,(H,15,17). The first-order valence-corrected chi connectivity index (χ1v) is 5.23. The van der Waals surface area contributed by atoms with Gasteiger partial charge in [-0.05, 0) is 32.9 Å². The van der Waals surface area contributed by atoms with Crippen LogP contribution in [-0.4, -0.2) is 27.6 Å². The van der Waals surface area contributed by atoms with E-state index in [0.717, 1.165) is 0 Å². The number of aliphatic hydroxyl groups is 1. The van der Waals surface area contributed by atoms with E-state index < -0.39 is 11.6 Å². The van der Waals surface area contributed by atoms with Crippen molar-refractivity contribution in [2.75, 3.05) is 0 Å². The van der Waals surface area contributed by atoms with E-state index in [1.54, 1.807) is 20.8 Å². The van der Waals surface area contributed by atoms with Gasteiger partial charge in [-0.15, -0.1) is 0 Å². The zero-order chi connectivity index (χ0) is 13.1. The van der Waals surface area contributed by atoms with Crippen molar-refractivity contribution >= 4 is 5.91 Å². The molecule has 1 aromatic heterocycles. The molecule has 1 amide bonds. The van der Waals surface area contributed by atoms with E-state index in [0.29, 0.717) is 5.56 Å². The molecule has 0 bridgehead atoms. The van der Waals surface area contributed by atoms with Gasteiger partial charge in [-0.25, -0.2) is 4.98 Å². The van der Waals surface area contributed by atoms with Gasteiger partial charge in [0.2, 0.25) is 0 Å². The van der Waals surface area contributed by atoms with Crippen molar-refractivity contribution in [3.05, 3.63) is 29.6 Å². The fourth-order valence-corrected chi connectivity index (χ4v) is 1.06. The Kier molecular flexibility index (Phi) is 3.81. The normalized spacial score (nSPS) is 12.6. The highest BCUT2D eigenvalue weighted by Crippen LogP contribution is 2.09. The first-order chi connectivity index (χ1) is 7.86. The molecular weight excluding hydrogens is 218 g/mol. The molecule has 0 aliphatic carbocycles. The summed E-state index contributed by atoms with van der Waals surface area (Å²) in [4.78, 5) is 15.7. The number of amides is 1. The molecular formula is C12H15N3O2. The van der Waals surface area contributed by atoms with Crippen LogP contribution < -0.4 is 5.32 Å². The minimum atomic E-state index is -0.730. The molecule has 0 spiro atoms. The van der Waals surface area contributed by atoms with Crippen LogP contribution in [0.15, 0.2) is 18.3 Å². The molecule has 0 aliphatic heterocycles. The Morgan fingerprint density at radius 2 is 2.24 bits per heavy atom. The second-order valence-corrected chi connectivity index (χ2v) is 4.40. The highest BCUT2D eigenvalue weighted by atomic mass is 16.3. The van der Waals surface area contributed by atoms with E-state index in [9.17, 15) is 9.90 Å². The number of aliphatic hydroxyl groups excluding tert-OH is 1. The van der Waals surface area contributed by atoms with E-state index in [4.69, 9.17) is 5.26 Å². The number of pyridine rings is 1. The van der Waals surface area contributed by atoms with Crippen LogP contribution in [0.4, 0.5) is 0 Å². The van der Waals surface area contributed by atoms with Crippen LogP contribution in [-0.2, 0) is 0 Å². The molecule has 1 atom stereocenters. The van der Waals surface area contributed by atoms with Gasteiger partial charge in [-0.1, -0.05) is 0 Å². The van der Waals surface area contributed by atoms with Crippen LogP contribution in [0.5, 0.6) is 0 Å². The van der Waals surface area contributed by atoms with Crippen molar-refractivity contribution in [2.45, 2.75) is 32.4 Å². The number of nitriles is 1. The van der Waals surface area contributed by atoms with Crippen LogP contribution in [0.2, 0.25) is 0 Å². The van der Waals surface area contributed by atoms with Crippen LogP contribution in [0.3, 0.4) is 0 Å². The maximum atomic E-state index is 11.8. The van der Waals surface area contributed by atoms with Gasteiger partial charge in [0, 0.05) is 6.20 Å². The topological polar surface area (TPSA) is 86.0 Å². The first-order valence-electron chi connectivity index (χ1n) is 5.23. The van der Waals surface area contributed by atoms with Gasteiger partial charge >= 0.3 is 0 Å². The lowest BCUT2D eigenvalue weighted by Crippen LogP contribution is -2.51.